The number of hydrogen-bond donors (Lipinski definition) is 2. The standard InChI is InChI=1S/C23H27FN2O3/c1-29-21-11-9-16(14-20(21)24)10-12-22(27)25-15-17-5-4-8-19(13-17)26-23(28)18-6-2-3-7-18/h4-5,8-9,11,13-14,18H,2-3,6-7,10,12,15H2,1H3,(H,25,27)(H,26,28). The normalized spacial score (nSPS) is 13.9. The SMILES string of the molecule is COc1ccc(CCC(=O)NCc2cccc(NC(=O)C3CCCC3)c2)cc1F. The van der Waals surface area contributed by atoms with Crippen LogP contribution < -0.4 is 15.4 Å². The summed E-state index contributed by atoms with van der Waals surface area (Å²) in [5.74, 6) is -0.154. The van der Waals surface area contributed by atoms with Gasteiger partial charge in [0.05, 0.1) is 7.11 Å². The average Bonchev–Trinajstić information content (AvgIpc) is 3.26. The highest BCUT2D eigenvalue weighted by Gasteiger charge is 2.22. The number of ether oxygens (including phenoxy) is 1. The van der Waals surface area contributed by atoms with E-state index < -0.39 is 5.82 Å². The van der Waals surface area contributed by atoms with E-state index in [2.05, 4.69) is 10.6 Å². The number of halogens is 1. The minimum atomic E-state index is -0.429. The second-order valence-electron chi connectivity index (χ2n) is 7.42. The summed E-state index contributed by atoms with van der Waals surface area (Å²) in [6, 6.07) is 12.2. The molecule has 0 aliphatic heterocycles. The number of hydrogen-bond acceptors (Lipinski definition) is 3. The van der Waals surface area contributed by atoms with Crippen LogP contribution in [0.2, 0.25) is 0 Å². The van der Waals surface area contributed by atoms with Crippen LogP contribution in [0.3, 0.4) is 0 Å². The van der Waals surface area contributed by atoms with Crippen LogP contribution in [0.25, 0.3) is 0 Å². The Morgan fingerprint density at radius 3 is 2.62 bits per heavy atom. The summed E-state index contributed by atoms with van der Waals surface area (Å²) in [5.41, 5.74) is 2.41. The highest BCUT2D eigenvalue weighted by atomic mass is 19.1. The first kappa shape index (κ1) is 20.8. The van der Waals surface area contributed by atoms with E-state index in [1.807, 2.05) is 24.3 Å². The van der Waals surface area contributed by atoms with Gasteiger partial charge in [-0.15, -0.1) is 0 Å². The summed E-state index contributed by atoms with van der Waals surface area (Å²) in [4.78, 5) is 24.4. The number of amides is 2. The van der Waals surface area contributed by atoms with Crippen molar-refractivity contribution in [3.63, 3.8) is 0 Å². The van der Waals surface area contributed by atoms with Crippen LogP contribution in [-0.4, -0.2) is 18.9 Å². The molecule has 0 bridgehead atoms. The maximum atomic E-state index is 13.7. The van der Waals surface area contributed by atoms with Gasteiger partial charge in [0.1, 0.15) is 0 Å². The fraction of sp³-hybridized carbons (Fsp3) is 0.391. The first-order chi connectivity index (χ1) is 14.0. The zero-order chi connectivity index (χ0) is 20.6. The maximum absolute atomic E-state index is 13.7. The lowest BCUT2D eigenvalue weighted by atomic mass is 10.1. The van der Waals surface area contributed by atoms with Gasteiger partial charge in [0.25, 0.3) is 0 Å². The highest BCUT2D eigenvalue weighted by molar-refractivity contribution is 5.92. The van der Waals surface area contributed by atoms with E-state index in [1.165, 1.54) is 13.2 Å². The molecule has 0 heterocycles. The van der Waals surface area contributed by atoms with Gasteiger partial charge in [0.15, 0.2) is 11.6 Å². The van der Waals surface area contributed by atoms with Gasteiger partial charge in [0.2, 0.25) is 11.8 Å². The van der Waals surface area contributed by atoms with Gasteiger partial charge in [-0.1, -0.05) is 31.0 Å². The molecule has 1 aliphatic carbocycles. The molecule has 0 saturated heterocycles. The summed E-state index contributed by atoms with van der Waals surface area (Å²) in [7, 11) is 1.42. The second-order valence-corrected chi connectivity index (χ2v) is 7.42. The van der Waals surface area contributed by atoms with E-state index in [0.29, 0.717) is 13.0 Å². The van der Waals surface area contributed by atoms with Gasteiger partial charge >= 0.3 is 0 Å². The van der Waals surface area contributed by atoms with Gasteiger partial charge in [-0.3, -0.25) is 9.59 Å². The first-order valence-corrected chi connectivity index (χ1v) is 10.0. The molecular weight excluding hydrogens is 371 g/mol. The Hall–Kier alpha value is -2.89. The Balaban J connectivity index is 1.46. The van der Waals surface area contributed by atoms with Crippen LogP contribution in [-0.2, 0) is 22.6 Å². The van der Waals surface area contributed by atoms with Crippen molar-refractivity contribution in [2.24, 2.45) is 5.92 Å². The van der Waals surface area contributed by atoms with Gasteiger partial charge in [-0.2, -0.15) is 0 Å². The van der Waals surface area contributed by atoms with Crippen molar-refractivity contribution in [3.8, 4) is 5.75 Å². The summed E-state index contributed by atoms with van der Waals surface area (Å²) in [5, 5.41) is 5.85. The molecule has 0 atom stereocenters. The fourth-order valence-corrected chi connectivity index (χ4v) is 3.60. The monoisotopic (exact) mass is 398 g/mol. The van der Waals surface area contributed by atoms with Crippen LogP contribution >= 0.6 is 0 Å². The van der Waals surface area contributed by atoms with Crippen molar-refractivity contribution in [1.82, 2.24) is 5.32 Å². The van der Waals surface area contributed by atoms with E-state index in [0.717, 1.165) is 42.5 Å². The van der Waals surface area contributed by atoms with Crippen LogP contribution in [0.1, 0.15) is 43.2 Å². The Morgan fingerprint density at radius 1 is 1.10 bits per heavy atom. The van der Waals surface area contributed by atoms with E-state index in [1.54, 1.807) is 12.1 Å². The minimum absolute atomic E-state index is 0.0791. The van der Waals surface area contributed by atoms with E-state index in [9.17, 15) is 14.0 Å². The second kappa shape index (κ2) is 10.0. The molecule has 1 saturated carbocycles. The quantitative estimate of drug-likeness (QED) is 0.700. The molecule has 29 heavy (non-hydrogen) atoms. The topological polar surface area (TPSA) is 67.4 Å². The Morgan fingerprint density at radius 2 is 1.90 bits per heavy atom. The molecule has 5 nitrogen and oxygen atoms in total. The molecule has 0 spiro atoms. The van der Waals surface area contributed by atoms with Crippen molar-refractivity contribution in [3.05, 3.63) is 59.4 Å². The average molecular weight is 398 g/mol. The predicted molar refractivity (Wildman–Crippen MR) is 110 cm³/mol. The molecule has 154 valence electrons. The molecule has 3 rings (SSSR count). The Bertz CT molecular complexity index is 863. The van der Waals surface area contributed by atoms with Gasteiger partial charge in [-0.05, 0) is 54.7 Å². The molecular formula is C23H27FN2O3. The number of carbonyl (C=O) groups is 2. The lowest BCUT2D eigenvalue weighted by molar-refractivity contribution is -0.121. The minimum Gasteiger partial charge on any atom is -0.494 e. The molecule has 1 aliphatic rings. The summed E-state index contributed by atoms with van der Waals surface area (Å²) < 4.78 is 18.6. The lowest BCUT2D eigenvalue weighted by Gasteiger charge is -2.12. The van der Waals surface area contributed by atoms with Crippen molar-refractivity contribution in [2.75, 3.05) is 12.4 Å². The summed E-state index contributed by atoms with van der Waals surface area (Å²) in [6.45, 7) is 0.378. The molecule has 0 radical (unpaired) electrons. The zero-order valence-electron chi connectivity index (χ0n) is 16.7. The first-order valence-electron chi connectivity index (χ1n) is 10.0. The van der Waals surface area contributed by atoms with Crippen LogP contribution in [0.4, 0.5) is 10.1 Å². The van der Waals surface area contributed by atoms with Crippen molar-refractivity contribution in [1.29, 1.82) is 0 Å². The molecule has 1 fully saturated rings. The molecule has 2 aromatic carbocycles. The largest absolute Gasteiger partial charge is 0.494 e. The van der Waals surface area contributed by atoms with Gasteiger partial charge in [-0.25, -0.2) is 4.39 Å². The van der Waals surface area contributed by atoms with Gasteiger partial charge in [0, 0.05) is 24.6 Å². The van der Waals surface area contributed by atoms with Gasteiger partial charge < -0.3 is 15.4 Å². The smallest absolute Gasteiger partial charge is 0.227 e. The number of aryl methyl sites for hydroxylation is 1. The number of anilines is 1. The number of carbonyl (C=O) groups excluding carboxylic acids is 2. The Labute approximate surface area is 170 Å². The molecule has 2 N–H and O–H groups in total. The van der Waals surface area contributed by atoms with Crippen molar-refractivity contribution >= 4 is 17.5 Å². The van der Waals surface area contributed by atoms with Crippen LogP contribution in [0.15, 0.2) is 42.5 Å². The fourth-order valence-electron chi connectivity index (χ4n) is 3.60. The number of rotatable bonds is 8. The third-order valence-electron chi connectivity index (χ3n) is 5.27. The van der Waals surface area contributed by atoms with Crippen LogP contribution in [0.5, 0.6) is 5.75 Å². The Kier molecular flexibility index (Phi) is 7.22. The third-order valence-corrected chi connectivity index (χ3v) is 5.27. The maximum Gasteiger partial charge on any atom is 0.227 e. The van der Waals surface area contributed by atoms with E-state index in [-0.39, 0.29) is 29.9 Å². The summed E-state index contributed by atoms with van der Waals surface area (Å²) >= 11 is 0. The highest BCUT2D eigenvalue weighted by Crippen LogP contribution is 2.26. The third kappa shape index (κ3) is 6.04. The zero-order valence-corrected chi connectivity index (χ0v) is 16.7. The molecule has 0 unspecified atom stereocenters. The molecule has 6 heteroatoms. The number of methoxy groups -OCH3 is 1. The van der Waals surface area contributed by atoms with E-state index in [4.69, 9.17) is 4.74 Å². The number of benzene rings is 2. The summed E-state index contributed by atoms with van der Waals surface area (Å²) in [6.07, 6.45) is 4.87. The van der Waals surface area contributed by atoms with E-state index >= 15 is 0 Å². The van der Waals surface area contributed by atoms with Crippen molar-refractivity contribution < 1.29 is 18.7 Å². The molecule has 2 amide bonds. The molecule has 2 aromatic rings. The predicted octanol–water partition coefficient (Wildman–Crippen LogP) is 4.21. The van der Waals surface area contributed by atoms with Crippen molar-refractivity contribution in [2.45, 2.75) is 45.1 Å². The van der Waals surface area contributed by atoms with Crippen LogP contribution in [0, 0.1) is 11.7 Å². The molecule has 0 aromatic heterocycles. The number of nitrogens with one attached hydrogen (secondary N) is 2. The lowest BCUT2D eigenvalue weighted by Crippen LogP contribution is -2.23.